The van der Waals surface area contributed by atoms with Gasteiger partial charge in [0.2, 0.25) is 0 Å². The lowest BCUT2D eigenvalue weighted by Gasteiger charge is -2.12. The highest BCUT2D eigenvalue weighted by Gasteiger charge is 2.36. The molecule has 0 saturated heterocycles. The molecule has 5 rings (SSSR count). The van der Waals surface area contributed by atoms with Crippen molar-refractivity contribution in [2.45, 2.75) is 13.1 Å². The molecule has 164 valence electrons. The standard InChI is InChI=1S/C26H17BrF3N3/c1-16-10-12-17(13-11-16)24-23-21(26(28,29)30)15-22(18-6-5-7-19(27)14-18)31-25(23)33(32-24)20-8-3-2-4-9-20/h2-15H,1H3. The Kier molecular flexibility index (Phi) is 5.29. The smallest absolute Gasteiger partial charge is 0.228 e. The number of aryl methyl sites for hydroxylation is 1. The fraction of sp³-hybridized carbons (Fsp3) is 0.0769. The summed E-state index contributed by atoms with van der Waals surface area (Å²) in [6, 6.07) is 24.5. The van der Waals surface area contributed by atoms with Crippen molar-refractivity contribution in [1.29, 1.82) is 0 Å². The van der Waals surface area contributed by atoms with Gasteiger partial charge >= 0.3 is 6.18 Å². The number of hydrogen-bond acceptors (Lipinski definition) is 2. The van der Waals surface area contributed by atoms with E-state index < -0.39 is 11.7 Å². The molecule has 0 atom stereocenters. The third kappa shape index (κ3) is 4.04. The van der Waals surface area contributed by atoms with Gasteiger partial charge in [0.05, 0.1) is 22.3 Å². The monoisotopic (exact) mass is 507 g/mol. The SMILES string of the molecule is Cc1ccc(-c2nn(-c3ccccc3)c3nc(-c4cccc(Br)c4)cc(C(F)(F)F)c23)cc1. The summed E-state index contributed by atoms with van der Waals surface area (Å²) >= 11 is 3.39. The molecule has 33 heavy (non-hydrogen) atoms. The summed E-state index contributed by atoms with van der Waals surface area (Å²) in [5.41, 5.74) is 2.68. The number of benzene rings is 3. The van der Waals surface area contributed by atoms with Crippen molar-refractivity contribution in [3.05, 3.63) is 101 Å². The molecule has 2 heterocycles. The minimum Gasteiger partial charge on any atom is -0.228 e. The van der Waals surface area contributed by atoms with E-state index in [2.05, 4.69) is 26.0 Å². The normalized spacial score (nSPS) is 11.8. The van der Waals surface area contributed by atoms with Crippen LogP contribution < -0.4 is 0 Å². The highest BCUT2D eigenvalue weighted by atomic mass is 79.9. The molecule has 0 saturated carbocycles. The number of hydrogen-bond donors (Lipinski definition) is 0. The molecule has 0 radical (unpaired) electrons. The van der Waals surface area contributed by atoms with Gasteiger partial charge in [0.15, 0.2) is 5.65 Å². The van der Waals surface area contributed by atoms with Gasteiger partial charge < -0.3 is 0 Å². The quantitative estimate of drug-likeness (QED) is 0.249. The Bertz CT molecular complexity index is 1460. The van der Waals surface area contributed by atoms with Crippen molar-refractivity contribution in [2.24, 2.45) is 0 Å². The van der Waals surface area contributed by atoms with E-state index in [9.17, 15) is 13.2 Å². The maximum atomic E-state index is 14.4. The largest absolute Gasteiger partial charge is 0.417 e. The number of alkyl halides is 3. The molecule has 0 fully saturated rings. The van der Waals surface area contributed by atoms with E-state index >= 15 is 0 Å². The van der Waals surface area contributed by atoms with Crippen molar-refractivity contribution in [2.75, 3.05) is 0 Å². The average molecular weight is 508 g/mol. The van der Waals surface area contributed by atoms with Gasteiger partial charge in [0.1, 0.15) is 5.69 Å². The molecular formula is C26H17BrF3N3. The Morgan fingerprint density at radius 2 is 1.55 bits per heavy atom. The second-order valence-electron chi connectivity index (χ2n) is 7.72. The van der Waals surface area contributed by atoms with Crippen LogP contribution in [0, 0.1) is 6.92 Å². The van der Waals surface area contributed by atoms with Crippen molar-refractivity contribution in [3.8, 4) is 28.2 Å². The summed E-state index contributed by atoms with van der Waals surface area (Å²) in [7, 11) is 0. The Labute approximate surface area is 196 Å². The summed E-state index contributed by atoms with van der Waals surface area (Å²) < 4.78 is 45.4. The third-order valence-electron chi connectivity index (χ3n) is 5.39. The number of aromatic nitrogens is 3. The van der Waals surface area contributed by atoms with E-state index in [0.29, 0.717) is 16.8 Å². The number of pyridine rings is 1. The van der Waals surface area contributed by atoms with Crippen LogP contribution in [0.15, 0.2) is 89.4 Å². The second kappa shape index (κ2) is 8.15. The zero-order valence-corrected chi connectivity index (χ0v) is 19.0. The predicted octanol–water partition coefficient (Wildman–Crippen LogP) is 7.84. The van der Waals surface area contributed by atoms with Gasteiger partial charge in [-0.15, -0.1) is 0 Å². The van der Waals surface area contributed by atoms with Crippen LogP contribution in [-0.4, -0.2) is 14.8 Å². The van der Waals surface area contributed by atoms with Gasteiger partial charge in [-0.25, -0.2) is 9.67 Å². The van der Waals surface area contributed by atoms with E-state index in [1.807, 2.05) is 43.3 Å². The fourth-order valence-corrected chi connectivity index (χ4v) is 4.20. The van der Waals surface area contributed by atoms with Crippen molar-refractivity contribution in [3.63, 3.8) is 0 Å². The van der Waals surface area contributed by atoms with Crippen LogP contribution in [0.3, 0.4) is 0 Å². The lowest BCUT2D eigenvalue weighted by Crippen LogP contribution is -2.08. The fourth-order valence-electron chi connectivity index (χ4n) is 3.80. The lowest BCUT2D eigenvalue weighted by atomic mass is 10.0. The van der Waals surface area contributed by atoms with Crippen LogP contribution in [0.2, 0.25) is 0 Å². The van der Waals surface area contributed by atoms with E-state index in [1.54, 1.807) is 42.5 Å². The molecule has 0 aliphatic carbocycles. The predicted molar refractivity (Wildman–Crippen MR) is 127 cm³/mol. The molecule has 7 heteroatoms. The molecule has 0 spiro atoms. The second-order valence-corrected chi connectivity index (χ2v) is 8.64. The van der Waals surface area contributed by atoms with Gasteiger partial charge in [-0.1, -0.05) is 76.1 Å². The average Bonchev–Trinajstić information content (AvgIpc) is 3.18. The van der Waals surface area contributed by atoms with E-state index in [1.165, 1.54) is 4.68 Å². The maximum absolute atomic E-state index is 14.4. The molecular weight excluding hydrogens is 491 g/mol. The van der Waals surface area contributed by atoms with E-state index in [4.69, 9.17) is 0 Å². The molecule has 2 aromatic heterocycles. The van der Waals surface area contributed by atoms with Crippen molar-refractivity contribution >= 4 is 27.0 Å². The van der Waals surface area contributed by atoms with Gasteiger partial charge in [0.25, 0.3) is 0 Å². The lowest BCUT2D eigenvalue weighted by molar-refractivity contribution is -0.136. The summed E-state index contributed by atoms with van der Waals surface area (Å²) in [6.07, 6.45) is -4.59. The molecule has 0 N–H and O–H groups in total. The number of nitrogens with zero attached hydrogens (tertiary/aromatic N) is 3. The van der Waals surface area contributed by atoms with Crippen molar-refractivity contribution < 1.29 is 13.2 Å². The summed E-state index contributed by atoms with van der Waals surface area (Å²) in [5.74, 6) is 0. The Morgan fingerprint density at radius 1 is 0.818 bits per heavy atom. The Hall–Kier alpha value is -3.45. The minimum atomic E-state index is -4.59. The van der Waals surface area contributed by atoms with Gasteiger partial charge in [-0.05, 0) is 37.3 Å². The zero-order valence-electron chi connectivity index (χ0n) is 17.4. The number of halogens is 4. The summed E-state index contributed by atoms with van der Waals surface area (Å²) in [5, 5.41) is 4.61. The minimum absolute atomic E-state index is 0.0195. The summed E-state index contributed by atoms with van der Waals surface area (Å²) in [6.45, 7) is 1.93. The summed E-state index contributed by atoms with van der Waals surface area (Å²) in [4.78, 5) is 4.68. The number of fused-ring (bicyclic) bond motifs is 1. The van der Waals surface area contributed by atoms with Gasteiger partial charge in [-0.2, -0.15) is 18.3 Å². The first-order valence-electron chi connectivity index (χ1n) is 10.2. The first kappa shape index (κ1) is 21.4. The van der Waals surface area contributed by atoms with E-state index in [-0.39, 0.29) is 22.4 Å². The molecule has 5 aromatic rings. The third-order valence-corrected chi connectivity index (χ3v) is 5.88. The molecule has 0 aliphatic rings. The molecule has 0 amide bonds. The molecule has 0 unspecified atom stereocenters. The zero-order chi connectivity index (χ0) is 23.2. The molecule has 3 aromatic carbocycles. The van der Waals surface area contributed by atoms with Crippen LogP contribution in [0.1, 0.15) is 11.1 Å². The van der Waals surface area contributed by atoms with Crippen molar-refractivity contribution in [1.82, 2.24) is 14.8 Å². The number of rotatable bonds is 3. The van der Waals surface area contributed by atoms with E-state index in [0.717, 1.165) is 16.1 Å². The molecule has 0 bridgehead atoms. The first-order chi connectivity index (χ1) is 15.8. The first-order valence-corrected chi connectivity index (χ1v) is 11.0. The van der Waals surface area contributed by atoms with Crippen LogP contribution in [0.25, 0.3) is 39.2 Å². The number of para-hydroxylation sites is 1. The Morgan fingerprint density at radius 3 is 2.21 bits per heavy atom. The van der Waals surface area contributed by atoms with Gasteiger partial charge in [0, 0.05) is 15.6 Å². The topological polar surface area (TPSA) is 30.7 Å². The maximum Gasteiger partial charge on any atom is 0.417 e. The van der Waals surface area contributed by atoms with Crippen LogP contribution in [0.4, 0.5) is 13.2 Å². The highest BCUT2D eigenvalue weighted by Crippen LogP contribution is 2.41. The molecule has 3 nitrogen and oxygen atoms in total. The van der Waals surface area contributed by atoms with Crippen LogP contribution >= 0.6 is 15.9 Å². The van der Waals surface area contributed by atoms with Crippen LogP contribution in [-0.2, 0) is 6.18 Å². The Balaban J connectivity index is 1.90. The molecule has 0 aliphatic heterocycles. The van der Waals surface area contributed by atoms with Crippen LogP contribution in [0.5, 0.6) is 0 Å². The highest BCUT2D eigenvalue weighted by molar-refractivity contribution is 9.10. The van der Waals surface area contributed by atoms with Gasteiger partial charge in [-0.3, -0.25) is 0 Å².